The van der Waals surface area contributed by atoms with Crippen LogP contribution in [0.4, 0.5) is 0 Å². The molecule has 0 radical (unpaired) electrons. The van der Waals surface area contributed by atoms with Gasteiger partial charge in [0, 0.05) is 6.04 Å². The number of likely N-dealkylation sites (N-methyl/N-ethyl adjacent to an activating group) is 1. The van der Waals surface area contributed by atoms with Gasteiger partial charge >= 0.3 is 0 Å². The van der Waals surface area contributed by atoms with Crippen molar-refractivity contribution in [3.05, 3.63) is 70.8 Å². The molecule has 0 saturated carbocycles. The van der Waals surface area contributed by atoms with Crippen molar-refractivity contribution in [1.82, 2.24) is 5.32 Å². The van der Waals surface area contributed by atoms with Crippen molar-refractivity contribution in [3.8, 4) is 0 Å². The van der Waals surface area contributed by atoms with Crippen LogP contribution in [0.2, 0.25) is 0 Å². The Labute approximate surface area is 129 Å². The quantitative estimate of drug-likeness (QED) is 0.790. The molecule has 1 nitrogen and oxygen atoms in total. The van der Waals surface area contributed by atoms with E-state index in [4.69, 9.17) is 0 Å². The van der Waals surface area contributed by atoms with Crippen molar-refractivity contribution in [3.63, 3.8) is 0 Å². The Morgan fingerprint density at radius 1 is 0.905 bits per heavy atom. The predicted molar refractivity (Wildman–Crippen MR) is 91.8 cm³/mol. The highest BCUT2D eigenvalue weighted by molar-refractivity contribution is 5.24. The van der Waals surface area contributed by atoms with Crippen LogP contribution in [0.1, 0.15) is 35.6 Å². The van der Waals surface area contributed by atoms with Crippen LogP contribution in [0, 0.1) is 13.8 Å². The minimum absolute atomic E-state index is 0.553. The third-order valence-corrected chi connectivity index (χ3v) is 3.92. The second kappa shape index (κ2) is 7.99. The van der Waals surface area contributed by atoms with Gasteiger partial charge in [-0.05, 0) is 50.8 Å². The number of nitrogens with one attached hydrogen (secondary N) is 1. The fraction of sp³-hybridized carbons (Fsp3) is 0.400. The van der Waals surface area contributed by atoms with E-state index in [9.17, 15) is 0 Å². The Bertz CT molecular complexity index is 559. The molecule has 2 rings (SSSR count). The Hall–Kier alpha value is -1.60. The van der Waals surface area contributed by atoms with Gasteiger partial charge < -0.3 is 5.32 Å². The van der Waals surface area contributed by atoms with Crippen LogP contribution >= 0.6 is 0 Å². The highest BCUT2D eigenvalue weighted by Crippen LogP contribution is 2.12. The van der Waals surface area contributed by atoms with Crippen molar-refractivity contribution in [2.45, 2.75) is 46.1 Å². The summed E-state index contributed by atoms with van der Waals surface area (Å²) in [5.74, 6) is 0. The second-order valence-electron chi connectivity index (χ2n) is 5.98. The minimum atomic E-state index is 0.553. The highest BCUT2D eigenvalue weighted by Gasteiger charge is 2.09. The largest absolute Gasteiger partial charge is 0.314 e. The molecule has 0 aliphatic rings. The number of hydrogen-bond donors (Lipinski definition) is 1. The Kier molecular flexibility index (Phi) is 6.01. The molecule has 0 aliphatic heterocycles. The van der Waals surface area contributed by atoms with E-state index < -0.39 is 0 Å². The van der Waals surface area contributed by atoms with Crippen LogP contribution in [0.25, 0.3) is 0 Å². The van der Waals surface area contributed by atoms with E-state index in [1.54, 1.807) is 0 Å². The van der Waals surface area contributed by atoms with Crippen LogP contribution in [0.5, 0.6) is 0 Å². The lowest BCUT2D eigenvalue weighted by atomic mass is 9.97. The molecule has 1 N–H and O–H groups in total. The lowest BCUT2D eigenvalue weighted by molar-refractivity contribution is 0.491. The summed E-state index contributed by atoms with van der Waals surface area (Å²) in [6, 6.07) is 18.3. The summed E-state index contributed by atoms with van der Waals surface area (Å²) in [6.07, 6.45) is 3.44. The minimum Gasteiger partial charge on any atom is -0.314 e. The van der Waals surface area contributed by atoms with E-state index in [1.807, 2.05) is 0 Å². The number of benzene rings is 2. The zero-order chi connectivity index (χ0) is 15.1. The van der Waals surface area contributed by atoms with Gasteiger partial charge in [-0.2, -0.15) is 0 Å². The Morgan fingerprint density at radius 3 is 2.14 bits per heavy atom. The van der Waals surface area contributed by atoms with E-state index in [-0.39, 0.29) is 0 Å². The molecular formula is C20H27N. The summed E-state index contributed by atoms with van der Waals surface area (Å²) in [4.78, 5) is 0. The SMILES string of the molecule is CCNC(CCc1cccc(C)c1)Cc1cccc(C)c1. The third-order valence-electron chi connectivity index (χ3n) is 3.92. The maximum absolute atomic E-state index is 3.64. The van der Waals surface area contributed by atoms with Crippen molar-refractivity contribution in [2.24, 2.45) is 0 Å². The van der Waals surface area contributed by atoms with Crippen molar-refractivity contribution >= 4 is 0 Å². The molecule has 0 saturated heterocycles. The first-order valence-electron chi connectivity index (χ1n) is 8.02. The summed E-state index contributed by atoms with van der Waals surface area (Å²) in [5, 5.41) is 3.64. The molecule has 0 aromatic heterocycles. The molecular weight excluding hydrogens is 254 g/mol. The van der Waals surface area contributed by atoms with E-state index >= 15 is 0 Å². The van der Waals surface area contributed by atoms with Crippen LogP contribution in [0.15, 0.2) is 48.5 Å². The van der Waals surface area contributed by atoms with Crippen LogP contribution in [-0.2, 0) is 12.8 Å². The molecule has 1 atom stereocenters. The molecule has 0 fully saturated rings. The molecule has 21 heavy (non-hydrogen) atoms. The average Bonchev–Trinajstić information content (AvgIpc) is 2.45. The summed E-state index contributed by atoms with van der Waals surface area (Å²) >= 11 is 0. The zero-order valence-electron chi connectivity index (χ0n) is 13.5. The first-order valence-corrected chi connectivity index (χ1v) is 8.02. The van der Waals surface area contributed by atoms with Gasteiger partial charge in [0.25, 0.3) is 0 Å². The van der Waals surface area contributed by atoms with Gasteiger partial charge in [0.2, 0.25) is 0 Å². The topological polar surface area (TPSA) is 12.0 Å². The molecule has 0 bridgehead atoms. The first kappa shape index (κ1) is 15.8. The normalized spacial score (nSPS) is 12.3. The smallest absolute Gasteiger partial charge is 0.0110 e. The summed E-state index contributed by atoms with van der Waals surface area (Å²) in [7, 11) is 0. The molecule has 0 heterocycles. The van der Waals surface area contributed by atoms with Crippen LogP contribution in [-0.4, -0.2) is 12.6 Å². The van der Waals surface area contributed by atoms with Gasteiger partial charge in [-0.1, -0.05) is 66.6 Å². The maximum Gasteiger partial charge on any atom is 0.0110 e. The van der Waals surface area contributed by atoms with Crippen molar-refractivity contribution < 1.29 is 0 Å². The van der Waals surface area contributed by atoms with Gasteiger partial charge in [0.05, 0.1) is 0 Å². The average molecular weight is 281 g/mol. The number of aryl methyl sites for hydroxylation is 3. The van der Waals surface area contributed by atoms with Gasteiger partial charge in [-0.15, -0.1) is 0 Å². The predicted octanol–water partition coefficient (Wildman–Crippen LogP) is 4.46. The van der Waals surface area contributed by atoms with Gasteiger partial charge in [0.1, 0.15) is 0 Å². The zero-order valence-corrected chi connectivity index (χ0v) is 13.5. The van der Waals surface area contributed by atoms with Gasteiger partial charge in [-0.3, -0.25) is 0 Å². The number of rotatable bonds is 7. The standard InChI is InChI=1S/C20H27N/c1-4-21-20(15-19-10-6-8-17(3)14-19)12-11-18-9-5-7-16(2)13-18/h5-10,13-14,20-21H,4,11-12,15H2,1-3H3. The second-order valence-corrected chi connectivity index (χ2v) is 5.98. The van der Waals surface area contributed by atoms with E-state index in [0.717, 1.165) is 19.4 Å². The fourth-order valence-electron chi connectivity index (χ4n) is 2.90. The lowest BCUT2D eigenvalue weighted by Crippen LogP contribution is -2.31. The molecule has 1 unspecified atom stereocenters. The van der Waals surface area contributed by atoms with Gasteiger partial charge in [-0.25, -0.2) is 0 Å². The van der Waals surface area contributed by atoms with E-state index in [0.29, 0.717) is 6.04 Å². The highest BCUT2D eigenvalue weighted by atomic mass is 14.9. The molecule has 0 aliphatic carbocycles. The summed E-state index contributed by atoms with van der Waals surface area (Å²) < 4.78 is 0. The Morgan fingerprint density at radius 2 is 1.52 bits per heavy atom. The van der Waals surface area contributed by atoms with Crippen molar-refractivity contribution in [1.29, 1.82) is 0 Å². The Balaban J connectivity index is 1.95. The summed E-state index contributed by atoms with van der Waals surface area (Å²) in [6.45, 7) is 7.55. The molecule has 2 aromatic rings. The molecule has 1 heteroatoms. The van der Waals surface area contributed by atoms with Crippen molar-refractivity contribution in [2.75, 3.05) is 6.54 Å². The fourth-order valence-corrected chi connectivity index (χ4v) is 2.90. The monoisotopic (exact) mass is 281 g/mol. The number of hydrogen-bond acceptors (Lipinski definition) is 1. The van der Waals surface area contributed by atoms with E-state index in [1.165, 1.54) is 28.7 Å². The third kappa shape index (κ3) is 5.35. The maximum atomic E-state index is 3.64. The van der Waals surface area contributed by atoms with Crippen LogP contribution < -0.4 is 5.32 Å². The molecule has 0 spiro atoms. The summed E-state index contributed by atoms with van der Waals surface area (Å²) in [5.41, 5.74) is 5.58. The molecule has 0 amide bonds. The lowest BCUT2D eigenvalue weighted by Gasteiger charge is -2.18. The van der Waals surface area contributed by atoms with Gasteiger partial charge in [0.15, 0.2) is 0 Å². The molecule has 2 aromatic carbocycles. The van der Waals surface area contributed by atoms with Crippen LogP contribution in [0.3, 0.4) is 0 Å². The first-order chi connectivity index (χ1) is 10.2. The molecule has 112 valence electrons. The van der Waals surface area contributed by atoms with E-state index in [2.05, 4.69) is 74.6 Å².